The van der Waals surface area contributed by atoms with Crippen LogP contribution in [0.4, 0.5) is 21.2 Å². The lowest BCUT2D eigenvalue weighted by Crippen LogP contribution is -2.45. The number of anilines is 3. The first kappa shape index (κ1) is 36.3. The van der Waals surface area contributed by atoms with Crippen LogP contribution in [0.1, 0.15) is 41.6 Å². The molecule has 1 saturated heterocycles. The van der Waals surface area contributed by atoms with Gasteiger partial charge in [0.05, 0.1) is 42.2 Å². The highest BCUT2D eigenvalue weighted by Gasteiger charge is 2.66. The number of amides is 2. The van der Waals surface area contributed by atoms with Crippen molar-refractivity contribution in [3.63, 3.8) is 0 Å². The molecule has 0 radical (unpaired) electrons. The van der Waals surface area contributed by atoms with Gasteiger partial charge in [0.15, 0.2) is 12.2 Å². The number of aliphatic hydroxyl groups is 1. The average Bonchev–Trinajstić information content (AvgIpc) is 3.81. The summed E-state index contributed by atoms with van der Waals surface area (Å²) < 4.78 is 31.6. The molecule has 1 unspecified atom stereocenters. The Kier molecular flexibility index (Phi) is 9.53. The molecular formula is C41H41BrFN5O5Si. The fraction of sp³-hybridized carbons (Fsp3) is 0.317. The van der Waals surface area contributed by atoms with Gasteiger partial charge in [0.25, 0.3) is 11.8 Å². The number of nitrogens with zero attached hydrogens (tertiary/aromatic N) is 5. The summed E-state index contributed by atoms with van der Waals surface area (Å²) in [5.74, 6) is -0.577. The standard InChI is InChI=1S/C41H41BrFN5O5Si/c1-26-39(54(2,3)43)37(18-19-46-23-33(44-45-46)31(24-49)28-11-5-4-6-12-28)53-41(26)32-21-29(42)16-17-34(32)47(40(41)51)22-27-10-9-13-30(20-27)48-35-14-7-8-15-36(35)52-25-38(48)50/h4-17,20-21,23,26,31,37,39,49H,18-19,22,24-25H2,1-3H3/t26-,31?,37+,39-,41+/m1/s1. The molecule has 1 spiro atoms. The predicted octanol–water partition coefficient (Wildman–Crippen LogP) is 7.63. The van der Waals surface area contributed by atoms with Crippen LogP contribution in [0, 0.1) is 5.92 Å². The van der Waals surface area contributed by atoms with E-state index in [1.807, 2.05) is 110 Å². The van der Waals surface area contributed by atoms with Gasteiger partial charge in [-0.3, -0.25) is 19.2 Å². The number of rotatable bonds is 10. The van der Waals surface area contributed by atoms with Crippen LogP contribution in [0.3, 0.4) is 0 Å². The van der Waals surface area contributed by atoms with Crippen molar-refractivity contribution in [2.24, 2.45) is 5.92 Å². The minimum Gasteiger partial charge on any atom is -0.482 e. The Morgan fingerprint density at radius 1 is 1.00 bits per heavy atom. The average molecular weight is 811 g/mol. The zero-order valence-corrected chi connectivity index (χ0v) is 32.8. The number of aryl methyl sites for hydroxylation is 1. The lowest BCUT2D eigenvalue weighted by molar-refractivity contribution is -0.146. The number of aromatic nitrogens is 3. The van der Waals surface area contributed by atoms with Crippen molar-refractivity contribution in [1.82, 2.24) is 15.0 Å². The molecule has 3 aliphatic heterocycles. The summed E-state index contributed by atoms with van der Waals surface area (Å²) in [6.07, 6.45) is 1.68. The van der Waals surface area contributed by atoms with Crippen molar-refractivity contribution in [3.05, 3.63) is 130 Å². The highest BCUT2D eigenvalue weighted by Crippen LogP contribution is 2.60. The van der Waals surface area contributed by atoms with Gasteiger partial charge < -0.3 is 23.6 Å². The number of hydrogen-bond donors (Lipinski definition) is 1. The van der Waals surface area contributed by atoms with Crippen molar-refractivity contribution < 1.29 is 28.3 Å². The van der Waals surface area contributed by atoms with Crippen LogP contribution in [0.25, 0.3) is 0 Å². The molecule has 1 fully saturated rings. The normalized spacial score (nSPS) is 22.7. The molecule has 278 valence electrons. The smallest absolute Gasteiger partial charge is 0.269 e. The summed E-state index contributed by atoms with van der Waals surface area (Å²) in [7, 11) is -3.40. The Hall–Kier alpha value is -4.69. The third-order valence-corrected chi connectivity index (χ3v) is 14.0. The van der Waals surface area contributed by atoms with E-state index in [4.69, 9.17) is 9.47 Å². The number of ether oxygens (including phenoxy) is 2. The first-order chi connectivity index (χ1) is 26.0. The Morgan fingerprint density at radius 3 is 2.56 bits per heavy atom. The predicted molar refractivity (Wildman–Crippen MR) is 209 cm³/mol. The molecule has 4 heterocycles. The summed E-state index contributed by atoms with van der Waals surface area (Å²) in [5.41, 5.74) is 3.27. The lowest BCUT2D eigenvalue weighted by Gasteiger charge is -2.31. The zero-order valence-electron chi connectivity index (χ0n) is 30.2. The minimum absolute atomic E-state index is 0.0721. The second-order valence-electron chi connectivity index (χ2n) is 14.8. The van der Waals surface area contributed by atoms with Crippen LogP contribution in [0.15, 0.2) is 108 Å². The summed E-state index contributed by atoms with van der Waals surface area (Å²) in [4.78, 5) is 31.5. The maximum absolute atomic E-state index is 16.5. The van der Waals surface area contributed by atoms with Gasteiger partial charge in [0, 0.05) is 39.9 Å². The Bertz CT molecular complexity index is 2220. The highest BCUT2D eigenvalue weighted by molar-refractivity contribution is 9.10. The van der Waals surface area contributed by atoms with Gasteiger partial charge in [0.1, 0.15) is 5.75 Å². The number of carbonyl (C=O) groups excluding carboxylic acids is 2. The van der Waals surface area contributed by atoms with Crippen molar-refractivity contribution in [2.75, 3.05) is 23.0 Å². The fourth-order valence-electron chi connectivity index (χ4n) is 8.71. The van der Waals surface area contributed by atoms with Gasteiger partial charge in [-0.25, -0.2) is 0 Å². The number of aliphatic hydroxyl groups excluding tert-OH is 1. The van der Waals surface area contributed by atoms with Gasteiger partial charge >= 0.3 is 0 Å². The van der Waals surface area contributed by atoms with E-state index in [1.54, 1.807) is 27.6 Å². The number of para-hydroxylation sites is 2. The molecule has 5 aromatic rings. The Morgan fingerprint density at radius 2 is 1.78 bits per heavy atom. The molecule has 1 aromatic heterocycles. The van der Waals surface area contributed by atoms with Crippen LogP contribution < -0.4 is 14.5 Å². The Labute approximate surface area is 322 Å². The molecule has 1 N–H and O–H groups in total. The monoisotopic (exact) mass is 809 g/mol. The molecule has 10 nitrogen and oxygen atoms in total. The van der Waals surface area contributed by atoms with E-state index in [0.717, 1.165) is 15.6 Å². The van der Waals surface area contributed by atoms with E-state index in [2.05, 4.69) is 26.2 Å². The van der Waals surface area contributed by atoms with Crippen molar-refractivity contribution in [1.29, 1.82) is 0 Å². The first-order valence-electron chi connectivity index (χ1n) is 18.2. The van der Waals surface area contributed by atoms with Gasteiger partial charge in [-0.2, -0.15) is 0 Å². The maximum atomic E-state index is 16.5. The minimum atomic E-state index is -3.40. The second-order valence-corrected chi connectivity index (χ2v) is 19.5. The highest BCUT2D eigenvalue weighted by atomic mass is 79.9. The van der Waals surface area contributed by atoms with E-state index in [9.17, 15) is 14.7 Å². The molecule has 2 amide bonds. The summed E-state index contributed by atoms with van der Waals surface area (Å²) in [6.45, 7) is 5.77. The van der Waals surface area contributed by atoms with Gasteiger partial charge in [0.2, 0.25) is 8.41 Å². The largest absolute Gasteiger partial charge is 0.482 e. The van der Waals surface area contributed by atoms with Crippen LogP contribution in [0.2, 0.25) is 18.6 Å². The van der Waals surface area contributed by atoms with Crippen molar-refractivity contribution >= 4 is 53.2 Å². The van der Waals surface area contributed by atoms with Crippen LogP contribution in [-0.4, -0.2) is 59.6 Å². The third kappa shape index (κ3) is 6.26. The number of fused-ring (bicyclic) bond motifs is 3. The first-order valence-corrected chi connectivity index (χ1v) is 21.9. The van der Waals surface area contributed by atoms with Gasteiger partial charge in [-0.05, 0) is 73.1 Å². The van der Waals surface area contributed by atoms with Crippen LogP contribution in [0.5, 0.6) is 5.75 Å². The van der Waals surface area contributed by atoms with Crippen molar-refractivity contribution in [2.45, 2.75) is 62.7 Å². The number of halogens is 2. The van der Waals surface area contributed by atoms with E-state index < -0.39 is 31.6 Å². The number of carbonyl (C=O) groups is 2. The molecule has 4 aromatic carbocycles. The number of benzene rings is 4. The van der Waals surface area contributed by atoms with E-state index in [-0.39, 0.29) is 37.5 Å². The topological polar surface area (TPSA) is 110 Å². The number of hydrogen-bond acceptors (Lipinski definition) is 7. The fourth-order valence-corrected chi connectivity index (χ4v) is 11.6. The van der Waals surface area contributed by atoms with Gasteiger partial charge in [-0.15, -0.1) is 5.10 Å². The third-order valence-electron chi connectivity index (χ3n) is 11.1. The molecule has 5 atom stereocenters. The molecule has 54 heavy (non-hydrogen) atoms. The van der Waals surface area contributed by atoms with E-state index in [1.165, 1.54) is 0 Å². The maximum Gasteiger partial charge on any atom is 0.269 e. The molecular weight excluding hydrogens is 769 g/mol. The molecule has 0 aliphatic carbocycles. The van der Waals surface area contributed by atoms with E-state index >= 15 is 4.11 Å². The molecule has 8 rings (SSSR count). The van der Waals surface area contributed by atoms with Crippen molar-refractivity contribution in [3.8, 4) is 5.75 Å². The van der Waals surface area contributed by atoms with Crippen LogP contribution in [-0.2, 0) is 33.0 Å². The summed E-state index contributed by atoms with van der Waals surface area (Å²) >= 11 is 3.63. The quantitative estimate of drug-likeness (QED) is 0.114. The van der Waals surface area contributed by atoms with E-state index in [0.29, 0.717) is 47.0 Å². The second kappa shape index (κ2) is 14.2. The SMILES string of the molecule is C[C@@H]1[C@@H]([Si](C)(C)F)[C@H](CCn2cc(C(CO)c3ccccc3)nn2)O[C@@]12C(=O)N(Cc1cccc(N3C(=O)COc4ccccc43)c1)c1ccc(Br)cc12. The molecule has 3 aliphatic rings. The summed E-state index contributed by atoms with van der Waals surface area (Å²) in [5, 5.41) is 18.9. The molecule has 13 heteroatoms. The lowest BCUT2D eigenvalue weighted by atomic mass is 9.82. The molecule has 0 saturated carbocycles. The van der Waals surface area contributed by atoms with Gasteiger partial charge in [-0.1, -0.05) is 82.7 Å². The molecule has 0 bridgehead atoms. The zero-order chi connectivity index (χ0) is 37.8. The van der Waals surface area contributed by atoms with Crippen LogP contribution >= 0.6 is 15.9 Å². The summed E-state index contributed by atoms with van der Waals surface area (Å²) in [6, 6.07) is 30.4. The Balaban J connectivity index is 1.08.